The van der Waals surface area contributed by atoms with Crippen LogP contribution in [0.2, 0.25) is 0 Å². The minimum absolute atomic E-state index is 0.00922. The number of nitrogens with zero attached hydrogens (tertiary/aromatic N) is 3. The van der Waals surface area contributed by atoms with Gasteiger partial charge in [-0.15, -0.1) is 0 Å². The molecule has 1 aliphatic heterocycles. The fraction of sp³-hybridized carbons (Fsp3) is 0.444. The minimum atomic E-state index is 0.00922. The van der Waals surface area contributed by atoms with Crippen molar-refractivity contribution in [1.29, 1.82) is 0 Å². The van der Waals surface area contributed by atoms with E-state index in [9.17, 15) is 4.79 Å². The molecule has 1 aromatic heterocycles. The molecule has 1 aliphatic rings. The summed E-state index contributed by atoms with van der Waals surface area (Å²) in [6.45, 7) is 6.55. The van der Waals surface area contributed by atoms with Crippen LogP contribution in [0.5, 0.6) is 0 Å². The first-order valence-electron chi connectivity index (χ1n) is 8.27. The standard InChI is InChI=1S/C18H24N4O/c1-14(2)21-9-6-16(7-10-21)20-18(23)15-4-3-5-17(12-15)22-11-8-19-13-22/h3-5,8,11-14,16H,6-7,9-10H2,1-2H3,(H,20,23). The Balaban J connectivity index is 1.62. The topological polar surface area (TPSA) is 50.2 Å². The van der Waals surface area contributed by atoms with E-state index in [1.54, 1.807) is 12.5 Å². The Morgan fingerprint density at radius 2 is 2.09 bits per heavy atom. The number of piperidine rings is 1. The maximum absolute atomic E-state index is 12.5. The number of hydrogen-bond acceptors (Lipinski definition) is 3. The lowest BCUT2D eigenvalue weighted by Crippen LogP contribution is -2.46. The minimum Gasteiger partial charge on any atom is -0.349 e. The first kappa shape index (κ1) is 15.7. The highest BCUT2D eigenvalue weighted by molar-refractivity contribution is 5.94. The van der Waals surface area contributed by atoms with E-state index < -0.39 is 0 Å². The zero-order valence-corrected chi connectivity index (χ0v) is 13.8. The maximum Gasteiger partial charge on any atom is 0.251 e. The molecule has 0 radical (unpaired) electrons. The van der Waals surface area contributed by atoms with Gasteiger partial charge in [-0.25, -0.2) is 4.98 Å². The van der Waals surface area contributed by atoms with Gasteiger partial charge in [-0.3, -0.25) is 4.79 Å². The normalized spacial score (nSPS) is 16.7. The third-order valence-electron chi connectivity index (χ3n) is 4.51. The molecule has 1 amide bonds. The largest absolute Gasteiger partial charge is 0.349 e. The lowest BCUT2D eigenvalue weighted by atomic mass is 10.0. The fourth-order valence-electron chi connectivity index (χ4n) is 3.05. The smallest absolute Gasteiger partial charge is 0.251 e. The molecule has 0 atom stereocenters. The van der Waals surface area contributed by atoms with Crippen molar-refractivity contribution < 1.29 is 4.79 Å². The number of benzene rings is 1. The van der Waals surface area contributed by atoms with Gasteiger partial charge in [-0.2, -0.15) is 0 Å². The third kappa shape index (κ3) is 3.79. The number of amides is 1. The van der Waals surface area contributed by atoms with E-state index in [0.29, 0.717) is 11.6 Å². The van der Waals surface area contributed by atoms with Crippen molar-refractivity contribution in [1.82, 2.24) is 19.8 Å². The van der Waals surface area contributed by atoms with Gasteiger partial charge in [-0.1, -0.05) is 6.07 Å². The number of carbonyl (C=O) groups is 1. The summed E-state index contributed by atoms with van der Waals surface area (Å²) in [6, 6.07) is 8.50. The Kier molecular flexibility index (Phi) is 4.76. The van der Waals surface area contributed by atoms with Crippen molar-refractivity contribution in [3.63, 3.8) is 0 Å². The molecule has 0 aliphatic carbocycles. The van der Waals surface area contributed by atoms with Gasteiger partial charge in [0.2, 0.25) is 0 Å². The number of likely N-dealkylation sites (tertiary alicyclic amines) is 1. The molecule has 5 heteroatoms. The lowest BCUT2D eigenvalue weighted by molar-refractivity contribution is 0.0900. The van der Waals surface area contributed by atoms with Crippen LogP contribution in [0.25, 0.3) is 5.69 Å². The molecule has 122 valence electrons. The van der Waals surface area contributed by atoms with Crippen LogP contribution < -0.4 is 5.32 Å². The molecule has 1 N–H and O–H groups in total. The Morgan fingerprint density at radius 1 is 1.30 bits per heavy atom. The number of aromatic nitrogens is 2. The van der Waals surface area contributed by atoms with Crippen molar-refractivity contribution in [3.8, 4) is 5.69 Å². The van der Waals surface area contributed by atoms with E-state index in [-0.39, 0.29) is 11.9 Å². The molecule has 5 nitrogen and oxygen atoms in total. The summed E-state index contributed by atoms with van der Waals surface area (Å²) < 4.78 is 1.90. The predicted octanol–water partition coefficient (Wildman–Crippen LogP) is 2.47. The number of carbonyl (C=O) groups excluding carboxylic acids is 1. The average molecular weight is 312 g/mol. The first-order chi connectivity index (χ1) is 11.1. The second-order valence-corrected chi connectivity index (χ2v) is 6.40. The third-order valence-corrected chi connectivity index (χ3v) is 4.51. The Bertz CT molecular complexity index is 643. The summed E-state index contributed by atoms with van der Waals surface area (Å²) in [5.74, 6) is 0.00922. The summed E-state index contributed by atoms with van der Waals surface area (Å²) in [6.07, 6.45) is 7.38. The van der Waals surface area contributed by atoms with Crippen LogP contribution >= 0.6 is 0 Å². The Hall–Kier alpha value is -2.14. The van der Waals surface area contributed by atoms with Crippen molar-refractivity contribution in [3.05, 3.63) is 48.5 Å². The number of nitrogens with one attached hydrogen (secondary N) is 1. The zero-order valence-electron chi connectivity index (χ0n) is 13.8. The molecular weight excluding hydrogens is 288 g/mol. The SMILES string of the molecule is CC(C)N1CCC(NC(=O)c2cccc(-n3ccnc3)c2)CC1. The molecule has 1 aromatic carbocycles. The highest BCUT2D eigenvalue weighted by Gasteiger charge is 2.22. The van der Waals surface area contributed by atoms with E-state index >= 15 is 0 Å². The molecule has 1 fully saturated rings. The van der Waals surface area contributed by atoms with E-state index in [0.717, 1.165) is 31.6 Å². The molecule has 2 heterocycles. The quantitative estimate of drug-likeness (QED) is 0.943. The lowest BCUT2D eigenvalue weighted by Gasteiger charge is -2.34. The fourth-order valence-corrected chi connectivity index (χ4v) is 3.05. The second-order valence-electron chi connectivity index (χ2n) is 6.40. The van der Waals surface area contributed by atoms with Gasteiger partial charge in [0.25, 0.3) is 5.91 Å². The van der Waals surface area contributed by atoms with Gasteiger partial charge in [0.15, 0.2) is 0 Å². The second kappa shape index (κ2) is 6.96. The van der Waals surface area contributed by atoms with E-state index in [1.807, 2.05) is 35.0 Å². The van der Waals surface area contributed by atoms with E-state index in [4.69, 9.17) is 0 Å². The van der Waals surface area contributed by atoms with Crippen LogP contribution in [0.1, 0.15) is 37.0 Å². The van der Waals surface area contributed by atoms with Gasteiger partial charge < -0.3 is 14.8 Å². The number of rotatable bonds is 4. The van der Waals surface area contributed by atoms with Crippen LogP contribution in [0, 0.1) is 0 Å². The van der Waals surface area contributed by atoms with Gasteiger partial charge >= 0.3 is 0 Å². The summed E-state index contributed by atoms with van der Waals surface area (Å²) in [5.41, 5.74) is 1.65. The maximum atomic E-state index is 12.5. The molecule has 0 unspecified atom stereocenters. The Labute approximate surface area is 137 Å². The molecule has 0 bridgehead atoms. The van der Waals surface area contributed by atoms with Crippen LogP contribution in [0.15, 0.2) is 43.0 Å². The summed E-state index contributed by atoms with van der Waals surface area (Å²) in [7, 11) is 0. The van der Waals surface area contributed by atoms with Crippen LogP contribution in [0.4, 0.5) is 0 Å². The molecule has 23 heavy (non-hydrogen) atoms. The van der Waals surface area contributed by atoms with Crippen molar-refractivity contribution >= 4 is 5.91 Å². The van der Waals surface area contributed by atoms with Crippen LogP contribution in [0.3, 0.4) is 0 Å². The van der Waals surface area contributed by atoms with E-state index in [2.05, 4.69) is 29.0 Å². The average Bonchev–Trinajstić information content (AvgIpc) is 3.10. The van der Waals surface area contributed by atoms with Gasteiger partial charge in [0, 0.05) is 48.8 Å². The van der Waals surface area contributed by atoms with Crippen molar-refractivity contribution in [2.45, 2.75) is 38.8 Å². The van der Waals surface area contributed by atoms with Gasteiger partial charge in [0.1, 0.15) is 0 Å². The van der Waals surface area contributed by atoms with Gasteiger partial charge in [0.05, 0.1) is 6.33 Å². The van der Waals surface area contributed by atoms with Crippen molar-refractivity contribution in [2.24, 2.45) is 0 Å². The molecule has 0 saturated carbocycles. The summed E-state index contributed by atoms with van der Waals surface area (Å²) in [5, 5.41) is 3.18. The monoisotopic (exact) mass is 312 g/mol. The van der Waals surface area contributed by atoms with E-state index in [1.165, 1.54) is 0 Å². The highest BCUT2D eigenvalue weighted by atomic mass is 16.1. The molecule has 3 rings (SSSR count). The summed E-state index contributed by atoms with van der Waals surface area (Å²) in [4.78, 5) is 19.0. The molecule has 0 spiro atoms. The first-order valence-corrected chi connectivity index (χ1v) is 8.27. The van der Waals surface area contributed by atoms with Crippen molar-refractivity contribution in [2.75, 3.05) is 13.1 Å². The zero-order chi connectivity index (χ0) is 16.2. The molecule has 2 aromatic rings. The molecule has 1 saturated heterocycles. The number of hydrogen-bond donors (Lipinski definition) is 1. The van der Waals surface area contributed by atoms with Crippen LogP contribution in [-0.4, -0.2) is 45.5 Å². The molecular formula is C18H24N4O. The van der Waals surface area contributed by atoms with Crippen LogP contribution in [-0.2, 0) is 0 Å². The number of imidazole rings is 1. The summed E-state index contributed by atoms with van der Waals surface area (Å²) >= 11 is 0. The predicted molar refractivity (Wildman–Crippen MR) is 90.8 cm³/mol. The van der Waals surface area contributed by atoms with Gasteiger partial charge in [-0.05, 0) is 44.9 Å². The highest BCUT2D eigenvalue weighted by Crippen LogP contribution is 2.15. The Morgan fingerprint density at radius 3 is 2.74 bits per heavy atom.